The Morgan fingerprint density at radius 2 is 1.91 bits per heavy atom. The highest BCUT2D eigenvalue weighted by Gasteiger charge is 2.31. The molecule has 1 atom stereocenters. The smallest absolute Gasteiger partial charge is 0.254 e. The lowest BCUT2D eigenvalue weighted by molar-refractivity contribution is 0.0657. The molecular formula is C26H39N5O2S2. The van der Waals surface area contributed by atoms with Crippen LogP contribution in [0, 0.1) is 0 Å². The van der Waals surface area contributed by atoms with Crippen molar-refractivity contribution in [3.05, 3.63) is 46.0 Å². The zero-order valence-electron chi connectivity index (χ0n) is 20.7. The predicted molar refractivity (Wildman–Crippen MR) is 148 cm³/mol. The Labute approximate surface area is 218 Å². The van der Waals surface area contributed by atoms with Crippen LogP contribution in [-0.2, 0) is 12.8 Å². The minimum Gasteiger partial charge on any atom is -0.375 e. The van der Waals surface area contributed by atoms with Gasteiger partial charge in [-0.25, -0.2) is 4.98 Å². The molecule has 1 aromatic heterocycles. The molecule has 2 amide bonds. The third kappa shape index (κ3) is 7.95. The van der Waals surface area contributed by atoms with Gasteiger partial charge >= 0.3 is 0 Å². The van der Waals surface area contributed by atoms with E-state index in [1.807, 2.05) is 17.0 Å². The highest BCUT2D eigenvalue weighted by molar-refractivity contribution is 7.80. The van der Waals surface area contributed by atoms with Crippen LogP contribution in [0.3, 0.4) is 0 Å². The van der Waals surface area contributed by atoms with Crippen LogP contribution in [0.1, 0.15) is 76.7 Å². The Kier molecular flexibility index (Phi) is 11.4. The van der Waals surface area contributed by atoms with E-state index in [-0.39, 0.29) is 17.9 Å². The molecule has 1 aliphatic carbocycles. The molecule has 35 heavy (non-hydrogen) atoms. The predicted octanol–water partition coefficient (Wildman–Crippen LogP) is 3.94. The fourth-order valence-corrected chi connectivity index (χ4v) is 5.73. The number of thiol groups is 1. The first-order valence-corrected chi connectivity index (χ1v) is 14.2. The molecule has 7 nitrogen and oxygen atoms in total. The minimum atomic E-state index is -0.206. The summed E-state index contributed by atoms with van der Waals surface area (Å²) in [5.41, 5.74) is 7.87. The second-order valence-corrected chi connectivity index (χ2v) is 10.6. The van der Waals surface area contributed by atoms with Gasteiger partial charge in [0, 0.05) is 37.0 Å². The molecule has 1 aliphatic rings. The van der Waals surface area contributed by atoms with Gasteiger partial charge in [-0.05, 0) is 56.5 Å². The Bertz CT molecular complexity index is 965. The maximum Gasteiger partial charge on any atom is 0.254 e. The normalized spacial score (nSPS) is 15.0. The number of anilines is 1. The van der Waals surface area contributed by atoms with E-state index < -0.39 is 0 Å². The summed E-state index contributed by atoms with van der Waals surface area (Å²) in [7, 11) is 0. The van der Waals surface area contributed by atoms with Crippen molar-refractivity contribution in [2.24, 2.45) is 0 Å². The number of thiazole rings is 1. The molecule has 192 valence electrons. The maximum atomic E-state index is 13.7. The summed E-state index contributed by atoms with van der Waals surface area (Å²) in [6.45, 7) is 4.90. The van der Waals surface area contributed by atoms with Gasteiger partial charge in [0.25, 0.3) is 11.8 Å². The number of hydrogen-bond donors (Lipinski definition) is 4. The number of nitrogens with zero attached hydrogens (tertiary/aromatic N) is 2. The van der Waals surface area contributed by atoms with E-state index in [9.17, 15) is 9.59 Å². The monoisotopic (exact) mass is 517 g/mol. The largest absolute Gasteiger partial charge is 0.375 e. The zero-order valence-corrected chi connectivity index (χ0v) is 22.4. The van der Waals surface area contributed by atoms with Crippen molar-refractivity contribution < 1.29 is 9.59 Å². The Balaban J connectivity index is 1.58. The molecule has 2 aromatic rings. The van der Waals surface area contributed by atoms with Crippen LogP contribution in [0.5, 0.6) is 0 Å². The van der Waals surface area contributed by atoms with Crippen LogP contribution in [0.2, 0.25) is 0 Å². The first-order valence-electron chi connectivity index (χ1n) is 12.8. The summed E-state index contributed by atoms with van der Waals surface area (Å²) in [5, 5.41) is 6.93. The van der Waals surface area contributed by atoms with Gasteiger partial charge in [0.05, 0.1) is 16.8 Å². The third-order valence-electron chi connectivity index (χ3n) is 6.35. The topological polar surface area (TPSA) is 100 Å². The summed E-state index contributed by atoms with van der Waals surface area (Å²) in [4.78, 5) is 34.2. The number of aromatic nitrogens is 1. The summed E-state index contributed by atoms with van der Waals surface area (Å²) in [6, 6.07) is 7.23. The number of aryl methyl sites for hydroxylation is 1. The second kappa shape index (κ2) is 14.5. The lowest BCUT2D eigenvalue weighted by atomic mass is 9.94. The van der Waals surface area contributed by atoms with E-state index in [1.165, 1.54) is 29.1 Å². The van der Waals surface area contributed by atoms with Crippen molar-refractivity contribution >= 4 is 40.9 Å². The van der Waals surface area contributed by atoms with Crippen LogP contribution >= 0.6 is 24.0 Å². The molecule has 0 aliphatic heterocycles. The lowest BCUT2D eigenvalue weighted by Crippen LogP contribution is -2.44. The number of nitrogen functional groups attached to an aromatic ring is 1. The summed E-state index contributed by atoms with van der Waals surface area (Å²) in [5.74, 6) is 0.660. The van der Waals surface area contributed by atoms with Crippen LogP contribution in [-0.4, -0.2) is 59.7 Å². The second-order valence-electron chi connectivity index (χ2n) is 9.01. The van der Waals surface area contributed by atoms with Gasteiger partial charge in [0.1, 0.15) is 0 Å². The SMILES string of the molecule is CCCN(C(=O)c1ccccc1C(=O)NCCNCCCCCCS)C1CCc2nc(N)sc2C1. The maximum absolute atomic E-state index is 13.7. The first-order chi connectivity index (χ1) is 17.0. The molecule has 1 heterocycles. The highest BCUT2D eigenvalue weighted by Crippen LogP contribution is 2.31. The van der Waals surface area contributed by atoms with E-state index in [0.717, 1.165) is 56.5 Å². The Morgan fingerprint density at radius 3 is 2.69 bits per heavy atom. The van der Waals surface area contributed by atoms with Gasteiger partial charge in [-0.1, -0.05) is 31.9 Å². The standard InChI is InChI=1S/C26H39N5O2S2/c1-2-16-31(19-11-12-22-23(18-19)35-26(27)30-22)25(33)21-10-6-5-9-20(21)24(32)29-15-14-28-13-7-3-4-8-17-34/h5-6,9-10,19,28,34H,2-4,7-8,11-18H2,1H3,(H2,27,30)(H,29,32). The number of carbonyl (C=O) groups excluding carboxylic acids is 2. The number of amides is 2. The average molecular weight is 518 g/mol. The molecule has 1 aromatic carbocycles. The van der Waals surface area contributed by atoms with Crippen molar-refractivity contribution in [1.82, 2.24) is 20.5 Å². The number of benzene rings is 1. The number of nitrogens with two attached hydrogens (primary N) is 1. The average Bonchev–Trinajstić information content (AvgIpc) is 3.25. The first kappa shape index (κ1) is 27.5. The van der Waals surface area contributed by atoms with Gasteiger partial charge < -0.3 is 21.3 Å². The van der Waals surface area contributed by atoms with E-state index in [1.54, 1.807) is 12.1 Å². The lowest BCUT2D eigenvalue weighted by Gasteiger charge is -2.34. The Hall–Kier alpha value is -2.10. The molecule has 0 bridgehead atoms. The number of hydrogen-bond acceptors (Lipinski definition) is 7. The van der Waals surface area contributed by atoms with Gasteiger partial charge in [0.2, 0.25) is 0 Å². The fraction of sp³-hybridized carbons (Fsp3) is 0.577. The number of nitrogens with one attached hydrogen (secondary N) is 2. The van der Waals surface area contributed by atoms with Crippen molar-refractivity contribution in [2.75, 3.05) is 37.7 Å². The quantitative estimate of drug-likeness (QED) is 0.225. The van der Waals surface area contributed by atoms with Crippen molar-refractivity contribution in [3.8, 4) is 0 Å². The zero-order chi connectivity index (χ0) is 25.0. The Morgan fingerprint density at radius 1 is 1.14 bits per heavy atom. The molecule has 0 spiro atoms. The highest BCUT2D eigenvalue weighted by atomic mass is 32.1. The number of unbranched alkanes of at least 4 members (excludes halogenated alkanes) is 3. The van der Waals surface area contributed by atoms with Crippen LogP contribution in [0.4, 0.5) is 5.13 Å². The molecule has 0 radical (unpaired) electrons. The molecule has 3 rings (SSSR count). The summed E-state index contributed by atoms with van der Waals surface area (Å²) < 4.78 is 0. The third-order valence-corrected chi connectivity index (χ3v) is 7.61. The van der Waals surface area contributed by atoms with Gasteiger partial charge in [-0.15, -0.1) is 11.3 Å². The van der Waals surface area contributed by atoms with E-state index >= 15 is 0 Å². The molecular weight excluding hydrogens is 478 g/mol. The van der Waals surface area contributed by atoms with Crippen molar-refractivity contribution in [3.63, 3.8) is 0 Å². The summed E-state index contributed by atoms with van der Waals surface area (Å²) in [6.07, 6.45) is 8.00. The molecule has 0 saturated carbocycles. The van der Waals surface area contributed by atoms with Gasteiger partial charge in [-0.2, -0.15) is 12.6 Å². The van der Waals surface area contributed by atoms with E-state index in [4.69, 9.17) is 5.73 Å². The van der Waals surface area contributed by atoms with E-state index in [0.29, 0.717) is 35.9 Å². The van der Waals surface area contributed by atoms with Crippen LogP contribution < -0.4 is 16.4 Å². The number of carbonyl (C=O) groups is 2. The van der Waals surface area contributed by atoms with Crippen LogP contribution in [0.15, 0.2) is 24.3 Å². The molecule has 1 unspecified atom stereocenters. The molecule has 0 saturated heterocycles. The number of fused-ring (bicyclic) bond motifs is 1. The molecule has 9 heteroatoms. The molecule has 4 N–H and O–H groups in total. The molecule has 0 fully saturated rings. The number of rotatable bonds is 14. The van der Waals surface area contributed by atoms with Crippen molar-refractivity contribution in [1.29, 1.82) is 0 Å². The minimum absolute atomic E-state index is 0.0807. The van der Waals surface area contributed by atoms with Gasteiger partial charge in [-0.3, -0.25) is 9.59 Å². The fourth-order valence-electron chi connectivity index (χ4n) is 4.56. The summed E-state index contributed by atoms with van der Waals surface area (Å²) >= 11 is 5.75. The van der Waals surface area contributed by atoms with Gasteiger partial charge in [0.15, 0.2) is 5.13 Å². The van der Waals surface area contributed by atoms with E-state index in [2.05, 4.69) is 35.2 Å². The van der Waals surface area contributed by atoms with Crippen molar-refractivity contribution in [2.45, 2.75) is 64.3 Å². The van der Waals surface area contributed by atoms with Crippen LogP contribution in [0.25, 0.3) is 0 Å².